The summed E-state index contributed by atoms with van der Waals surface area (Å²) in [5.74, 6) is -0.476. The van der Waals surface area contributed by atoms with E-state index in [0.29, 0.717) is 23.8 Å². The zero-order valence-electron chi connectivity index (χ0n) is 23.3. The van der Waals surface area contributed by atoms with Crippen molar-refractivity contribution in [3.05, 3.63) is 100 Å². The van der Waals surface area contributed by atoms with Gasteiger partial charge in [-0.1, -0.05) is 76.6 Å². The van der Waals surface area contributed by atoms with Gasteiger partial charge in [0.1, 0.15) is 11.5 Å². The number of benzene rings is 3. The third-order valence-corrected chi connectivity index (χ3v) is 7.00. The van der Waals surface area contributed by atoms with Crippen molar-refractivity contribution in [2.75, 3.05) is 11.5 Å². The first-order chi connectivity index (χ1) is 17.9. The van der Waals surface area contributed by atoms with E-state index in [2.05, 4.69) is 34.6 Å². The number of amides is 1. The van der Waals surface area contributed by atoms with Crippen LogP contribution in [0.25, 0.3) is 5.76 Å². The number of carbonyl (C=O) groups excluding carboxylic acids is 2. The van der Waals surface area contributed by atoms with E-state index in [-0.39, 0.29) is 16.7 Å². The van der Waals surface area contributed by atoms with Crippen molar-refractivity contribution in [1.29, 1.82) is 0 Å². The second kappa shape index (κ2) is 10.5. The van der Waals surface area contributed by atoms with Gasteiger partial charge in [-0.05, 0) is 66.6 Å². The first kappa shape index (κ1) is 27.2. The highest BCUT2D eigenvalue weighted by molar-refractivity contribution is 6.51. The molecule has 3 aromatic rings. The van der Waals surface area contributed by atoms with Crippen LogP contribution in [0.2, 0.25) is 0 Å². The van der Waals surface area contributed by atoms with Crippen molar-refractivity contribution in [3.63, 3.8) is 0 Å². The molecular formula is C33H37NO4. The Morgan fingerprint density at radius 3 is 2.26 bits per heavy atom. The average molecular weight is 512 g/mol. The van der Waals surface area contributed by atoms with E-state index in [1.807, 2.05) is 74.5 Å². The fourth-order valence-corrected chi connectivity index (χ4v) is 4.97. The molecule has 0 aliphatic carbocycles. The number of hydrogen-bond acceptors (Lipinski definition) is 4. The number of Topliss-reactive ketones (excluding diaryl/α,β-unsaturated/α-hetero) is 1. The highest BCUT2D eigenvalue weighted by atomic mass is 16.5. The number of anilines is 1. The number of ketones is 1. The lowest BCUT2D eigenvalue weighted by molar-refractivity contribution is -0.132. The Hall–Kier alpha value is -3.86. The first-order valence-electron chi connectivity index (χ1n) is 13.2. The quantitative estimate of drug-likeness (QED) is 0.212. The van der Waals surface area contributed by atoms with Crippen LogP contribution in [0.3, 0.4) is 0 Å². The molecule has 5 heteroatoms. The van der Waals surface area contributed by atoms with Crippen LogP contribution in [-0.2, 0) is 15.0 Å². The molecule has 0 bridgehead atoms. The summed E-state index contributed by atoms with van der Waals surface area (Å²) >= 11 is 0. The van der Waals surface area contributed by atoms with Crippen molar-refractivity contribution >= 4 is 23.1 Å². The van der Waals surface area contributed by atoms with Crippen molar-refractivity contribution in [2.24, 2.45) is 0 Å². The highest BCUT2D eigenvalue weighted by Crippen LogP contribution is 2.43. The number of aryl methyl sites for hydroxylation is 1. The smallest absolute Gasteiger partial charge is 0.300 e. The molecule has 1 heterocycles. The number of hydrogen-bond donors (Lipinski definition) is 1. The molecule has 4 rings (SSSR count). The number of rotatable bonds is 6. The number of ether oxygens (including phenoxy) is 1. The molecule has 1 saturated heterocycles. The van der Waals surface area contributed by atoms with Crippen LogP contribution >= 0.6 is 0 Å². The predicted molar refractivity (Wildman–Crippen MR) is 153 cm³/mol. The SMILES string of the molecule is CCOc1ccc(/C(O)=C2/C(=O)C(=O)N(c3ccc(C(C)C)cc3)C2c2cccc(C)c2)cc1C(C)(C)C. The van der Waals surface area contributed by atoms with Gasteiger partial charge in [-0.25, -0.2) is 0 Å². The van der Waals surface area contributed by atoms with E-state index in [1.165, 1.54) is 4.90 Å². The van der Waals surface area contributed by atoms with Gasteiger partial charge in [0, 0.05) is 16.8 Å². The second-order valence-corrected chi connectivity index (χ2v) is 11.2. The van der Waals surface area contributed by atoms with Crippen LogP contribution < -0.4 is 9.64 Å². The summed E-state index contributed by atoms with van der Waals surface area (Å²) in [6, 6.07) is 20.1. The Kier molecular flexibility index (Phi) is 7.50. The third kappa shape index (κ3) is 5.10. The minimum atomic E-state index is -0.760. The molecule has 198 valence electrons. The Labute approximate surface area is 225 Å². The van der Waals surface area contributed by atoms with Gasteiger partial charge in [0.2, 0.25) is 0 Å². The Bertz CT molecular complexity index is 1390. The molecule has 1 unspecified atom stereocenters. The number of carbonyl (C=O) groups is 2. The van der Waals surface area contributed by atoms with E-state index < -0.39 is 17.7 Å². The van der Waals surface area contributed by atoms with E-state index >= 15 is 0 Å². The lowest BCUT2D eigenvalue weighted by Crippen LogP contribution is -2.29. The number of aliphatic hydroxyl groups excluding tert-OH is 1. The van der Waals surface area contributed by atoms with Gasteiger partial charge in [-0.3, -0.25) is 14.5 Å². The van der Waals surface area contributed by atoms with Gasteiger partial charge in [0.05, 0.1) is 18.2 Å². The molecule has 0 saturated carbocycles. The van der Waals surface area contributed by atoms with Gasteiger partial charge in [-0.2, -0.15) is 0 Å². The van der Waals surface area contributed by atoms with Gasteiger partial charge >= 0.3 is 0 Å². The molecule has 0 aromatic heterocycles. The maximum Gasteiger partial charge on any atom is 0.300 e. The number of aliphatic hydroxyl groups is 1. The highest BCUT2D eigenvalue weighted by Gasteiger charge is 2.47. The summed E-state index contributed by atoms with van der Waals surface area (Å²) in [6.07, 6.45) is 0. The van der Waals surface area contributed by atoms with Gasteiger partial charge in [0.15, 0.2) is 0 Å². The molecular weight excluding hydrogens is 474 g/mol. The Balaban J connectivity index is 1.93. The molecule has 3 aromatic carbocycles. The normalized spacial score (nSPS) is 17.4. The molecule has 1 fully saturated rings. The summed E-state index contributed by atoms with van der Waals surface area (Å²) < 4.78 is 5.84. The first-order valence-corrected chi connectivity index (χ1v) is 13.2. The molecule has 5 nitrogen and oxygen atoms in total. The Morgan fingerprint density at radius 1 is 1.00 bits per heavy atom. The van der Waals surface area contributed by atoms with Gasteiger partial charge < -0.3 is 9.84 Å². The maximum atomic E-state index is 13.6. The van der Waals surface area contributed by atoms with Crippen LogP contribution in [0.1, 0.15) is 81.3 Å². The van der Waals surface area contributed by atoms with E-state index in [9.17, 15) is 14.7 Å². The van der Waals surface area contributed by atoms with Crippen LogP contribution in [0, 0.1) is 6.92 Å². The fourth-order valence-electron chi connectivity index (χ4n) is 4.97. The summed E-state index contributed by atoms with van der Waals surface area (Å²) in [4.78, 5) is 28.6. The largest absolute Gasteiger partial charge is 0.507 e. The number of nitrogens with zero attached hydrogens (tertiary/aromatic N) is 1. The summed E-state index contributed by atoms with van der Waals surface area (Å²) in [6.45, 7) is 14.8. The molecule has 0 radical (unpaired) electrons. The predicted octanol–water partition coefficient (Wildman–Crippen LogP) is 7.44. The zero-order chi connectivity index (χ0) is 27.8. The molecule has 1 amide bonds. The minimum Gasteiger partial charge on any atom is -0.507 e. The zero-order valence-corrected chi connectivity index (χ0v) is 23.3. The van der Waals surface area contributed by atoms with Crippen molar-refractivity contribution in [2.45, 2.75) is 65.8 Å². The van der Waals surface area contributed by atoms with Crippen LogP contribution in [0.5, 0.6) is 5.75 Å². The fraction of sp³-hybridized carbons (Fsp3) is 0.333. The topological polar surface area (TPSA) is 66.8 Å². The summed E-state index contributed by atoms with van der Waals surface area (Å²) in [7, 11) is 0. The summed E-state index contributed by atoms with van der Waals surface area (Å²) in [5, 5.41) is 11.6. The van der Waals surface area contributed by atoms with Crippen molar-refractivity contribution < 1.29 is 19.4 Å². The van der Waals surface area contributed by atoms with Gasteiger partial charge in [0.25, 0.3) is 11.7 Å². The van der Waals surface area contributed by atoms with Crippen LogP contribution in [0.4, 0.5) is 5.69 Å². The van der Waals surface area contributed by atoms with Crippen LogP contribution in [-0.4, -0.2) is 23.4 Å². The van der Waals surface area contributed by atoms with Crippen molar-refractivity contribution in [1.82, 2.24) is 0 Å². The molecule has 1 aliphatic heterocycles. The molecule has 0 spiro atoms. The summed E-state index contributed by atoms with van der Waals surface area (Å²) in [5.41, 5.74) is 4.72. The van der Waals surface area contributed by atoms with Crippen molar-refractivity contribution in [3.8, 4) is 5.75 Å². The average Bonchev–Trinajstić information content (AvgIpc) is 3.13. The minimum absolute atomic E-state index is 0.0811. The standard InChI is InChI=1S/C33H37NO4/c1-8-38-27-17-14-24(19-26(27)33(5,6)7)30(35)28-29(23-11-9-10-21(4)18-23)34(32(37)31(28)36)25-15-12-22(13-16-25)20(2)3/h9-20,29,35H,8H2,1-7H3/b30-28-. The van der Waals surface area contributed by atoms with E-state index in [1.54, 1.807) is 6.07 Å². The Morgan fingerprint density at radius 2 is 1.68 bits per heavy atom. The molecule has 1 aliphatic rings. The lowest BCUT2D eigenvalue weighted by atomic mass is 9.84. The molecule has 1 N–H and O–H groups in total. The molecule has 38 heavy (non-hydrogen) atoms. The maximum absolute atomic E-state index is 13.6. The van der Waals surface area contributed by atoms with E-state index in [4.69, 9.17) is 4.74 Å². The van der Waals surface area contributed by atoms with Gasteiger partial charge in [-0.15, -0.1) is 0 Å². The van der Waals surface area contributed by atoms with E-state index in [0.717, 1.165) is 28.0 Å². The monoisotopic (exact) mass is 511 g/mol. The second-order valence-electron chi connectivity index (χ2n) is 11.2. The molecule has 1 atom stereocenters. The third-order valence-electron chi connectivity index (χ3n) is 7.00. The lowest BCUT2D eigenvalue weighted by Gasteiger charge is -2.26. The van der Waals surface area contributed by atoms with Crippen LogP contribution in [0.15, 0.2) is 72.3 Å².